The minimum Gasteiger partial charge on any atom is -0.313 e. The Bertz CT molecular complexity index is 832. The van der Waals surface area contributed by atoms with Crippen molar-refractivity contribution >= 4 is 22.9 Å². The summed E-state index contributed by atoms with van der Waals surface area (Å²) in [6.45, 7) is 6.28. The molecule has 25 heavy (non-hydrogen) atoms. The van der Waals surface area contributed by atoms with Crippen molar-refractivity contribution in [2.75, 3.05) is 25.4 Å². The second-order valence-corrected chi connectivity index (χ2v) is 7.70. The molecule has 2 aromatic heterocycles. The fourth-order valence-electron chi connectivity index (χ4n) is 3.30. The van der Waals surface area contributed by atoms with Crippen LogP contribution in [0.5, 0.6) is 0 Å². The van der Waals surface area contributed by atoms with E-state index in [1.54, 1.807) is 18.8 Å². The highest BCUT2D eigenvalue weighted by Gasteiger charge is 2.18. The minimum atomic E-state index is -0.414. The van der Waals surface area contributed by atoms with Gasteiger partial charge in [-0.05, 0) is 32.4 Å². The molecular weight excluding hydrogens is 338 g/mol. The molecule has 1 fully saturated rings. The number of hydrogen-bond acceptors (Lipinski definition) is 5. The summed E-state index contributed by atoms with van der Waals surface area (Å²) in [7, 11) is 1.65. The first kappa shape index (κ1) is 18.3. The fourth-order valence-corrected chi connectivity index (χ4v) is 4.32. The van der Waals surface area contributed by atoms with Gasteiger partial charge in [-0.2, -0.15) is 0 Å². The van der Waals surface area contributed by atoms with Gasteiger partial charge in [0, 0.05) is 25.9 Å². The molecule has 0 spiro atoms. The maximum absolute atomic E-state index is 12.3. The highest BCUT2D eigenvalue weighted by Crippen LogP contribution is 2.22. The van der Waals surface area contributed by atoms with Gasteiger partial charge in [-0.3, -0.25) is 14.3 Å². The molecule has 0 radical (unpaired) electrons. The lowest BCUT2D eigenvalue weighted by atomic mass is 10.1. The van der Waals surface area contributed by atoms with Crippen molar-refractivity contribution in [2.45, 2.75) is 50.7 Å². The number of hydrogen-bond donors (Lipinski definition) is 1. The molecule has 3 rings (SSSR count). The van der Waals surface area contributed by atoms with E-state index in [2.05, 4.69) is 21.8 Å². The van der Waals surface area contributed by atoms with Gasteiger partial charge in [0.05, 0.1) is 0 Å². The highest BCUT2D eigenvalue weighted by molar-refractivity contribution is 7.99. The zero-order chi connectivity index (χ0) is 17.8. The molecular formula is C17H27N5O2S. The molecule has 138 valence electrons. The van der Waals surface area contributed by atoms with Crippen LogP contribution in [0, 0.1) is 0 Å². The first-order valence-electron chi connectivity index (χ1n) is 9.16. The van der Waals surface area contributed by atoms with Gasteiger partial charge in [-0.1, -0.05) is 31.5 Å². The maximum atomic E-state index is 12.3. The molecule has 0 bridgehead atoms. The van der Waals surface area contributed by atoms with Gasteiger partial charge in [0.15, 0.2) is 16.3 Å². The Morgan fingerprint density at radius 3 is 2.64 bits per heavy atom. The van der Waals surface area contributed by atoms with E-state index in [4.69, 9.17) is 0 Å². The standard InChI is InChI=1S/C17H27N5O2S/c1-3-4-10-22-13-14(20(2)16(24)19-15(13)23)18-17(22)25-12-11-21-8-6-5-7-9-21/h3-12H2,1-2H3,(H,19,23,24). The van der Waals surface area contributed by atoms with Crippen molar-refractivity contribution < 1.29 is 0 Å². The zero-order valence-electron chi connectivity index (χ0n) is 15.1. The van der Waals surface area contributed by atoms with E-state index in [1.165, 1.54) is 36.9 Å². The summed E-state index contributed by atoms with van der Waals surface area (Å²) < 4.78 is 3.41. The lowest BCUT2D eigenvalue weighted by molar-refractivity contribution is 0.242. The molecule has 0 aliphatic carbocycles. The predicted octanol–water partition coefficient (Wildman–Crippen LogP) is 1.80. The molecule has 8 heteroatoms. The van der Waals surface area contributed by atoms with E-state index >= 15 is 0 Å². The van der Waals surface area contributed by atoms with Crippen molar-refractivity contribution in [2.24, 2.45) is 7.05 Å². The zero-order valence-corrected chi connectivity index (χ0v) is 15.9. The number of fused-ring (bicyclic) bond motifs is 1. The van der Waals surface area contributed by atoms with Gasteiger partial charge < -0.3 is 9.47 Å². The molecule has 7 nitrogen and oxygen atoms in total. The van der Waals surface area contributed by atoms with Crippen LogP contribution in [-0.4, -0.2) is 49.4 Å². The van der Waals surface area contributed by atoms with E-state index in [-0.39, 0.29) is 5.56 Å². The van der Waals surface area contributed by atoms with Crippen molar-refractivity contribution in [1.82, 2.24) is 24.0 Å². The number of H-pyrrole nitrogens is 1. The van der Waals surface area contributed by atoms with Crippen LogP contribution in [-0.2, 0) is 13.6 Å². The first-order valence-corrected chi connectivity index (χ1v) is 10.1. The molecule has 1 saturated heterocycles. The monoisotopic (exact) mass is 365 g/mol. The summed E-state index contributed by atoms with van der Waals surface area (Å²) in [6.07, 6.45) is 5.94. The molecule has 1 aliphatic rings. The highest BCUT2D eigenvalue weighted by atomic mass is 32.2. The van der Waals surface area contributed by atoms with Gasteiger partial charge in [-0.25, -0.2) is 9.78 Å². The summed E-state index contributed by atoms with van der Waals surface area (Å²) in [5, 5.41) is 0.840. The minimum absolute atomic E-state index is 0.343. The van der Waals surface area contributed by atoms with Crippen molar-refractivity contribution in [3.63, 3.8) is 0 Å². The van der Waals surface area contributed by atoms with Gasteiger partial charge in [0.1, 0.15) is 0 Å². The molecule has 0 aromatic carbocycles. The summed E-state index contributed by atoms with van der Waals surface area (Å²) in [6, 6.07) is 0. The summed E-state index contributed by atoms with van der Waals surface area (Å²) >= 11 is 1.68. The Hall–Kier alpha value is -1.54. The number of unbranched alkanes of at least 4 members (excludes halogenated alkanes) is 1. The van der Waals surface area contributed by atoms with Crippen LogP contribution in [0.1, 0.15) is 39.0 Å². The Balaban J connectivity index is 1.85. The van der Waals surface area contributed by atoms with Gasteiger partial charge in [0.25, 0.3) is 5.56 Å². The van der Waals surface area contributed by atoms with E-state index < -0.39 is 5.69 Å². The molecule has 1 aliphatic heterocycles. The summed E-state index contributed by atoms with van der Waals surface area (Å²) in [4.78, 5) is 33.7. The second kappa shape index (κ2) is 8.23. The average molecular weight is 366 g/mol. The Labute approximate surface area is 151 Å². The quantitative estimate of drug-likeness (QED) is 0.757. The number of nitrogens with zero attached hydrogens (tertiary/aromatic N) is 4. The third-order valence-electron chi connectivity index (χ3n) is 4.79. The average Bonchev–Trinajstić information content (AvgIpc) is 2.98. The number of nitrogens with one attached hydrogen (secondary N) is 1. The van der Waals surface area contributed by atoms with E-state index in [9.17, 15) is 9.59 Å². The fraction of sp³-hybridized carbons (Fsp3) is 0.706. The Morgan fingerprint density at radius 1 is 1.16 bits per heavy atom. The van der Waals surface area contributed by atoms with Crippen LogP contribution < -0.4 is 11.2 Å². The van der Waals surface area contributed by atoms with Crippen molar-refractivity contribution in [1.29, 1.82) is 0 Å². The number of rotatable bonds is 7. The lowest BCUT2D eigenvalue weighted by Gasteiger charge is -2.25. The topological polar surface area (TPSA) is 75.9 Å². The Kier molecular flexibility index (Phi) is 6.01. The largest absolute Gasteiger partial charge is 0.329 e. The van der Waals surface area contributed by atoms with Crippen LogP contribution in [0.2, 0.25) is 0 Å². The molecule has 0 unspecified atom stereocenters. The summed E-state index contributed by atoms with van der Waals surface area (Å²) in [5.74, 6) is 0.946. The number of aromatic amines is 1. The second-order valence-electron chi connectivity index (χ2n) is 6.64. The molecule has 0 saturated carbocycles. The number of aromatic nitrogens is 4. The molecule has 0 amide bonds. The number of aryl methyl sites for hydroxylation is 2. The number of thioether (sulfide) groups is 1. The molecule has 2 aromatic rings. The van der Waals surface area contributed by atoms with Crippen molar-refractivity contribution in [3.8, 4) is 0 Å². The van der Waals surface area contributed by atoms with E-state index in [0.29, 0.717) is 11.2 Å². The van der Waals surface area contributed by atoms with Gasteiger partial charge in [-0.15, -0.1) is 0 Å². The van der Waals surface area contributed by atoms with Gasteiger partial charge >= 0.3 is 5.69 Å². The third kappa shape index (κ3) is 4.00. The Morgan fingerprint density at radius 2 is 1.92 bits per heavy atom. The van der Waals surface area contributed by atoms with Crippen LogP contribution in [0.15, 0.2) is 14.7 Å². The normalized spacial score (nSPS) is 15.9. The van der Waals surface area contributed by atoms with Crippen LogP contribution in [0.25, 0.3) is 11.2 Å². The van der Waals surface area contributed by atoms with E-state index in [1.807, 2.05) is 4.57 Å². The van der Waals surface area contributed by atoms with Gasteiger partial charge in [0.2, 0.25) is 0 Å². The van der Waals surface area contributed by atoms with Crippen molar-refractivity contribution in [3.05, 3.63) is 20.8 Å². The number of imidazole rings is 1. The smallest absolute Gasteiger partial charge is 0.313 e. The summed E-state index contributed by atoms with van der Waals surface area (Å²) in [5.41, 5.74) is 0.230. The maximum Gasteiger partial charge on any atom is 0.329 e. The third-order valence-corrected chi connectivity index (χ3v) is 5.75. The van der Waals surface area contributed by atoms with Crippen LogP contribution >= 0.6 is 11.8 Å². The lowest BCUT2D eigenvalue weighted by Crippen LogP contribution is -2.31. The number of piperidine rings is 1. The number of likely N-dealkylation sites (tertiary alicyclic amines) is 1. The van der Waals surface area contributed by atoms with Crippen LogP contribution in [0.4, 0.5) is 0 Å². The molecule has 1 N–H and O–H groups in total. The predicted molar refractivity (Wildman–Crippen MR) is 102 cm³/mol. The molecule has 3 heterocycles. The SMILES string of the molecule is CCCCn1c(SCCN2CCCCC2)nc2c1c(=O)[nH]c(=O)n2C. The first-order chi connectivity index (χ1) is 12.1. The molecule has 0 atom stereocenters. The van der Waals surface area contributed by atoms with E-state index in [0.717, 1.165) is 36.8 Å². The van der Waals surface area contributed by atoms with Crippen LogP contribution in [0.3, 0.4) is 0 Å².